The average molecular weight is 362 g/mol. The first-order valence-electron chi connectivity index (χ1n) is 9.12. The number of ether oxygens (including phenoxy) is 2. The van der Waals surface area contributed by atoms with E-state index in [0.717, 1.165) is 19.3 Å². The maximum absolute atomic E-state index is 12.7. The minimum absolute atomic E-state index is 0.120. The second-order valence-electron chi connectivity index (χ2n) is 7.96. The Balaban J connectivity index is 2.12. The maximum atomic E-state index is 12.7. The Morgan fingerprint density at radius 3 is 2.50 bits per heavy atom. The molecule has 0 unspecified atom stereocenters. The van der Waals surface area contributed by atoms with Gasteiger partial charge in [0.2, 0.25) is 0 Å². The molecule has 3 N–H and O–H groups in total. The van der Waals surface area contributed by atoms with Crippen LogP contribution in [0, 0.1) is 11.3 Å². The molecular weight excluding hydrogens is 332 g/mol. The summed E-state index contributed by atoms with van der Waals surface area (Å²) in [6.07, 6.45) is 4.50. The molecule has 2 amide bonds. The molecular formula is C20H30N2O4. The average Bonchev–Trinajstić information content (AvgIpc) is 2.59. The largest absolute Gasteiger partial charge is 0.493 e. The molecule has 144 valence electrons. The third kappa shape index (κ3) is 5.13. The molecule has 6 nitrogen and oxygen atoms in total. The molecule has 1 aromatic rings. The van der Waals surface area contributed by atoms with Crippen LogP contribution < -0.4 is 20.5 Å². The van der Waals surface area contributed by atoms with Crippen molar-refractivity contribution in [2.24, 2.45) is 17.1 Å². The number of hydrogen-bond acceptors (Lipinski definition) is 4. The SMILES string of the molecule is COc1cc(C(=O)N[C@@H]2CCCC[C@H]2C(C)(C)C)ccc1OCC(N)=O. The predicted molar refractivity (Wildman–Crippen MR) is 100 cm³/mol. The van der Waals surface area contributed by atoms with E-state index >= 15 is 0 Å². The van der Waals surface area contributed by atoms with Crippen LogP contribution in [-0.4, -0.2) is 31.6 Å². The van der Waals surface area contributed by atoms with Gasteiger partial charge in [0.15, 0.2) is 18.1 Å². The Kier molecular flexibility index (Phi) is 6.51. The molecule has 0 spiro atoms. The van der Waals surface area contributed by atoms with E-state index < -0.39 is 5.91 Å². The molecule has 1 saturated carbocycles. The fourth-order valence-corrected chi connectivity index (χ4v) is 3.67. The first-order chi connectivity index (χ1) is 12.2. The molecule has 1 aromatic carbocycles. The summed E-state index contributed by atoms with van der Waals surface area (Å²) in [5, 5.41) is 3.20. The van der Waals surface area contributed by atoms with Crippen molar-refractivity contribution < 1.29 is 19.1 Å². The van der Waals surface area contributed by atoms with Gasteiger partial charge in [-0.05, 0) is 42.4 Å². The number of nitrogens with two attached hydrogens (primary N) is 1. The number of amides is 2. The number of carbonyl (C=O) groups excluding carboxylic acids is 2. The summed E-state index contributed by atoms with van der Waals surface area (Å²) < 4.78 is 10.6. The van der Waals surface area contributed by atoms with Crippen LogP contribution in [0.2, 0.25) is 0 Å². The molecule has 1 aliphatic rings. The highest BCUT2D eigenvalue weighted by atomic mass is 16.5. The number of benzene rings is 1. The van der Waals surface area contributed by atoms with Crippen LogP contribution in [-0.2, 0) is 4.79 Å². The van der Waals surface area contributed by atoms with E-state index in [1.807, 2.05) is 0 Å². The van der Waals surface area contributed by atoms with Crippen LogP contribution in [0.4, 0.5) is 0 Å². The van der Waals surface area contributed by atoms with Gasteiger partial charge < -0.3 is 20.5 Å². The van der Waals surface area contributed by atoms with Gasteiger partial charge in [-0.15, -0.1) is 0 Å². The molecule has 0 aromatic heterocycles. The van der Waals surface area contributed by atoms with E-state index in [1.165, 1.54) is 13.5 Å². The Bertz CT molecular complexity index is 652. The number of nitrogens with one attached hydrogen (secondary N) is 1. The third-order valence-electron chi connectivity index (χ3n) is 4.99. The van der Waals surface area contributed by atoms with Gasteiger partial charge in [-0.3, -0.25) is 9.59 Å². The molecule has 0 aliphatic heterocycles. The smallest absolute Gasteiger partial charge is 0.255 e. The van der Waals surface area contributed by atoms with Crippen LogP contribution in [0.15, 0.2) is 18.2 Å². The fraction of sp³-hybridized carbons (Fsp3) is 0.600. The number of primary amides is 1. The number of hydrogen-bond donors (Lipinski definition) is 2. The fourth-order valence-electron chi connectivity index (χ4n) is 3.67. The Labute approximate surface area is 155 Å². The van der Waals surface area contributed by atoms with E-state index in [4.69, 9.17) is 15.2 Å². The summed E-state index contributed by atoms with van der Waals surface area (Å²) in [5.74, 6) is 0.550. The van der Waals surface area contributed by atoms with Crippen molar-refractivity contribution in [3.63, 3.8) is 0 Å². The van der Waals surface area contributed by atoms with Crippen LogP contribution >= 0.6 is 0 Å². The van der Waals surface area contributed by atoms with Crippen molar-refractivity contribution in [3.05, 3.63) is 23.8 Å². The van der Waals surface area contributed by atoms with Gasteiger partial charge in [0.1, 0.15) is 0 Å². The summed E-state index contributed by atoms with van der Waals surface area (Å²) in [5.41, 5.74) is 5.75. The van der Waals surface area contributed by atoms with Gasteiger partial charge in [-0.25, -0.2) is 0 Å². The summed E-state index contributed by atoms with van der Waals surface area (Å²) >= 11 is 0. The Morgan fingerprint density at radius 2 is 1.88 bits per heavy atom. The molecule has 26 heavy (non-hydrogen) atoms. The van der Waals surface area contributed by atoms with Gasteiger partial charge in [-0.1, -0.05) is 33.6 Å². The summed E-state index contributed by atoms with van der Waals surface area (Å²) in [6.45, 7) is 6.46. The molecule has 1 fully saturated rings. The standard InChI is InChI=1S/C20H30N2O4/c1-20(2,3)14-7-5-6-8-15(14)22-19(24)13-9-10-16(17(11-13)25-4)26-12-18(21)23/h9-11,14-15H,5-8,12H2,1-4H3,(H2,21,23)(H,22,24)/t14-,15-/m1/s1. The number of methoxy groups -OCH3 is 1. The van der Waals surface area contributed by atoms with Crippen LogP contribution in [0.3, 0.4) is 0 Å². The second kappa shape index (κ2) is 8.43. The maximum Gasteiger partial charge on any atom is 0.255 e. The normalized spacial score (nSPS) is 20.3. The molecule has 6 heteroatoms. The van der Waals surface area contributed by atoms with Crippen molar-refractivity contribution in [2.45, 2.75) is 52.5 Å². The van der Waals surface area contributed by atoms with Crippen molar-refractivity contribution in [2.75, 3.05) is 13.7 Å². The van der Waals surface area contributed by atoms with E-state index in [-0.39, 0.29) is 24.0 Å². The van der Waals surface area contributed by atoms with Crippen LogP contribution in [0.25, 0.3) is 0 Å². The van der Waals surface area contributed by atoms with E-state index in [0.29, 0.717) is 23.0 Å². The molecule has 2 rings (SSSR count). The summed E-state index contributed by atoms with van der Waals surface area (Å²) in [4.78, 5) is 23.6. The zero-order valence-electron chi connectivity index (χ0n) is 16.1. The van der Waals surface area contributed by atoms with E-state index in [9.17, 15) is 9.59 Å². The zero-order chi connectivity index (χ0) is 19.3. The lowest BCUT2D eigenvalue weighted by Crippen LogP contribution is -2.46. The van der Waals surface area contributed by atoms with Gasteiger partial charge in [0.25, 0.3) is 11.8 Å². The van der Waals surface area contributed by atoms with Crippen molar-refractivity contribution in [1.82, 2.24) is 5.32 Å². The van der Waals surface area contributed by atoms with Crippen molar-refractivity contribution in [1.29, 1.82) is 0 Å². The Hall–Kier alpha value is -2.24. The molecule has 0 radical (unpaired) electrons. The third-order valence-corrected chi connectivity index (χ3v) is 4.99. The molecule has 2 atom stereocenters. The lowest BCUT2D eigenvalue weighted by atomic mass is 9.69. The summed E-state index contributed by atoms with van der Waals surface area (Å²) in [7, 11) is 1.49. The van der Waals surface area contributed by atoms with Crippen molar-refractivity contribution in [3.8, 4) is 11.5 Å². The quantitative estimate of drug-likeness (QED) is 0.814. The molecule has 0 bridgehead atoms. The van der Waals surface area contributed by atoms with Gasteiger partial charge in [-0.2, -0.15) is 0 Å². The lowest BCUT2D eigenvalue weighted by Gasteiger charge is -2.40. The second-order valence-corrected chi connectivity index (χ2v) is 7.96. The van der Waals surface area contributed by atoms with Gasteiger partial charge in [0.05, 0.1) is 7.11 Å². The monoisotopic (exact) mass is 362 g/mol. The minimum Gasteiger partial charge on any atom is -0.493 e. The minimum atomic E-state index is -0.570. The van der Waals surface area contributed by atoms with Crippen LogP contribution in [0.1, 0.15) is 56.8 Å². The first kappa shape index (κ1) is 20.1. The van der Waals surface area contributed by atoms with Crippen LogP contribution in [0.5, 0.6) is 11.5 Å². The van der Waals surface area contributed by atoms with Crippen molar-refractivity contribution >= 4 is 11.8 Å². The predicted octanol–water partition coefficient (Wildman–Crippen LogP) is 2.89. The zero-order valence-corrected chi connectivity index (χ0v) is 16.1. The number of carbonyl (C=O) groups is 2. The lowest BCUT2D eigenvalue weighted by molar-refractivity contribution is -0.119. The van der Waals surface area contributed by atoms with E-state index in [1.54, 1.807) is 18.2 Å². The van der Waals surface area contributed by atoms with Gasteiger partial charge in [0, 0.05) is 11.6 Å². The van der Waals surface area contributed by atoms with E-state index in [2.05, 4.69) is 26.1 Å². The van der Waals surface area contributed by atoms with Gasteiger partial charge >= 0.3 is 0 Å². The first-order valence-corrected chi connectivity index (χ1v) is 9.12. The summed E-state index contributed by atoms with van der Waals surface area (Å²) in [6, 6.07) is 5.09. The number of rotatable bonds is 6. The highest BCUT2D eigenvalue weighted by molar-refractivity contribution is 5.95. The Morgan fingerprint density at radius 1 is 1.19 bits per heavy atom. The molecule has 0 saturated heterocycles. The topological polar surface area (TPSA) is 90.7 Å². The molecule has 1 aliphatic carbocycles. The molecule has 0 heterocycles. The highest BCUT2D eigenvalue weighted by Crippen LogP contribution is 2.38. The highest BCUT2D eigenvalue weighted by Gasteiger charge is 2.35.